The molecule has 0 bridgehead atoms. The highest BCUT2D eigenvalue weighted by atomic mass is 16.6. The van der Waals surface area contributed by atoms with E-state index < -0.39 is 6.79 Å². The molecule has 0 radical (unpaired) electrons. The van der Waals surface area contributed by atoms with Crippen LogP contribution in [0.4, 0.5) is 0 Å². The van der Waals surface area contributed by atoms with Crippen molar-refractivity contribution >= 4 is 11.9 Å². The van der Waals surface area contributed by atoms with Crippen molar-refractivity contribution in [2.75, 3.05) is 33.2 Å². The lowest BCUT2D eigenvalue weighted by Gasteiger charge is -2.13. The van der Waals surface area contributed by atoms with Crippen molar-refractivity contribution in [1.29, 1.82) is 0 Å². The summed E-state index contributed by atoms with van der Waals surface area (Å²) in [5.74, 6) is 5.25. The number of unbranched alkanes of at least 4 members (excludes halogenated alkanes) is 7. The molecule has 20 heteroatoms. The molecule has 0 fully saturated rings. The Morgan fingerprint density at radius 1 is 0.254 bits per heavy atom. The van der Waals surface area contributed by atoms with Crippen molar-refractivity contribution in [3.05, 3.63) is 231 Å². The third-order valence-electron chi connectivity index (χ3n) is 19.7. The molecule has 9 aromatic carbocycles. The molecule has 20 nitrogen and oxygen atoms in total. The van der Waals surface area contributed by atoms with Gasteiger partial charge in [-0.2, -0.15) is 0 Å². The molecule has 0 saturated carbocycles. The number of aliphatic hydroxyl groups is 1. The second-order valence-electron chi connectivity index (χ2n) is 29.3. The van der Waals surface area contributed by atoms with Crippen LogP contribution in [0.1, 0.15) is 144 Å². The van der Waals surface area contributed by atoms with Gasteiger partial charge >= 0.3 is 11.9 Å². The molecule has 12 rings (SSSR count). The molecule has 12 aromatic rings. The van der Waals surface area contributed by atoms with Gasteiger partial charge in [0, 0.05) is 64.4 Å². The molecule has 0 amide bonds. The molecular weight excluding hydrogens is 1430 g/mol. The number of benzene rings is 9. The molecule has 0 atom stereocenters. The minimum atomic E-state index is -0.474. The molecule has 0 unspecified atom stereocenters. The Morgan fingerprint density at radius 2 is 0.465 bits per heavy atom. The first kappa shape index (κ1) is 82.7. The molecule has 0 spiro atoms. The summed E-state index contributed by atoms with van der Waals surface area (Å²) < 4.78 is 27.9. The number of phenolic OH excluding ortho intramolecular Hbond substituents is 3. The zero-order chi connectivity index (χ0) is 81.0. The summed E-state index contributed by atoms with van der Waals surface area (Å²) in [6.45, 7) is 25.7. The van der Waals surface area contributed by atoms with E-state index in [0.717, 1.165) is 152 Å². The van der Waals surface area contributed by atoms with E-state index >= 15 is 0 Å². The number of hydrogen-bond acceptors (Lipinski definition) is 20. The van der Waals surface area contributed by atoms with Gasteiger partial charge in [0.1, 0.15) is 34.5 Å². The molecule has 114 heavy (non-hydrogen) atoms. The summed E-state index contributed by atoms with van der Waals surface area (Å²) in [5.41, 5.74) is 20.1. The Kier molecular flexibility index (Phi) is 28.5. The number of aromatic hydroxyl groups is 3. The summed E-state index contributed by atoms with van der Waals surface area (Å²) in [4.78, 5) is 68.0. The average molecular weight is 1530 g/mol. The molecule has 0 aliphatic heterocycles. The van der Waals surface area contributed by atoms with Crippen LogP contribution in [0.25, 0.3) is 102 Å². The third kappa shape index (κ3) is 22.3. The fraction of sp³-hybridized carbons (Fsp3) is 0.309. The zero-order valence-corrected chi connectivity index (χ0v) is 67.3. The lowest BCUT2D eigenvalue weighted by molar-refractivity contribution is -0.146. The highest BCUT2D eigenvalue weighted by molar-refractivity contribution is 5.77. The number of hydrogen-bond donors (Lipinski definition) is 4. The van der Waals surface area contributed by atoms with Crippen LogP contribution in [0.15, 0.2) is 164 Å². The van der Waals surface area contributed by atoms with Gasteiger partial charge < -0.3 is 44.1 Å². The van der Waals surface area contributed by atoms with Gasteiger partial charge in [-0.3, -0.25) is 9.59 Å². The molecule has 3 heterocycles. The Bertz CT molecular complexity index is 4980. The fourth-order valence-electron chi connectivity index (χ4n) is 13.6. The normalized spacial score (nSPS) is 11.1. The highest BCUT2D eigenvalue weighted by Gasteiger charge is 2.23. The van der Waals surface area contributed by atoms with Gasteiger partial charge in [0.05, 0.1) is 43.1 Å². The first-order valence-electron chi connectivity index (χ1n) is 39.0. The van der Waals surface area contributed by atoms with Gasteiger partial charge in [0.2, 0.25) is 0 Å². The first-order valence-corrected chi connectivity index (χ1v) is 39.0. The van der Waals surface area contributed by atoms with Gasteiger partial charge in [-0.15, -0.1) is 0 Å². The van der Waals surface area contributed by atoms with Crippen LogP contribution in [0.5, 0.6) is 34.5 Å². The van der Waals surface area contributed by atoms with E-state index in [2.05, 4.69) is 64.1 Å². The average Bonchev–Trinajstić information content (AvgIpc) is 0.791. The summed E-state index contributed by atoms with van der Waals surface area (Å²) in [5, 5.41) is 42.0. The van der Waals surface area contributed by atoms with Gasteiger partial charge in [0.25, 0.3) is 0 Å². The Balaban J connectivity index is 0.000000332. The smallest absolute Gasteiger partial charge is 0.305 e. The van der Waals surface area contributed by atoms with Gasteiger partial charge in [-0.1, -0.05) is 143 Å². The predicted molar refractivity (Wildman–Crippen MR) is 446 cm³/mol. The number of rotatable bonds is 32. The van der Waals surface area contributed by atoms with Crippen LogP contribution in [-0.2, 0) is 19.1 Å². The van der Waals surface area contributed by atoms with E-state index in [4.69, 9.17) is 73.6 Å². The van der Waals surface area contributed by atoms with Crippen LogP contribution >= 0.6 is 0 Å². The molecule has 3 aromatic heterocycles. The Morgan fingerprint density at radius 3 is 0.684 bits per heavy atom. The van der Waals surface area contributed by atoms with Crippen LogP contribution < -0.4 is 14.2 Å². The number of phenols is 3. The molecule has 4 N–H and O–H groups in total. The van der Waals surface area contributed by atoms with Crippen molar-refractivity contribution in [2.45, 2.75) is 160 Å². The molecule has 588 valence electrons. The van der Waals surface area contributed by atoms with E-state index in [9.17, 15) is 24.9 Å². The van der Waals surface area contributed by atoms with Gasteiger partial charge in [0.15, 0.2) is 59.2 Å². The summed E-state index contributed by atoms with van der Waals surface area (Å²) in [7, 11) is 0. The maximum absolute atomic E-state index is 12.3. The summed E-state index contributed by atoms with van der Waals surface area (Å²) in [6.07, 6.45) is 8.27. The van der Waals surface area contributed by atoms with Crippen molar-refractivity contribution in [3.63, 3.8) is 0 Å². The zero-order valence-electron chi connectivity index (χ0n) is 67.3. The Labute approximate surface area is 667 Å². The van der Waals surface area contributed by atoms with Crippen molar-refractivity contribution < 1.29 is 53.7 Å². The van der Waals surface area contributed by atoms with Crippen molar-refractivity contribution in [3.8, 4) is 137 Å². The summed E-state index contributed by atoms with van der Waals surface area (Å²) in [6, 6.07) is 52.1. The summed E-state index contributed by atoms with van der Waals surface area (Å²) >= 11 is 0. The number of carbonyl (C=O) groups is 2. The van der Waals surface area contributed by atoms with E-state index in [1.807, 2.05) is 140 Å². The number of carbonyl (C=O) groups excluding carboxylic acids is 2. The minimum Gasteiger partial charge on any atom is -0.507 e. The number of aromatic nitrogens is 9. The minimum absolute atomic E-state index is 0.0138. The lowest BCUT2D eigenvalue weighted by Crippen LogP contribution is -2.08. The topological polar surface area (TPSA) is 277 Å². The third-order valence-corrected chi connectivity index (χ3v) is 19.7. The lowest BCUT2D eigenvalue weighted by atomic mass is 10.0. The molecule has 0 saturated heterocycles. The van der Waals surface area contributed by atoms with E-state index in [1.165, 1.54) is 6.07 Å². The van der Waals surface area contributed by atoms with Crippen LogP contribution in [0.3, 0.4) is 0 Å². The predicted octanol–water partition coefficient (Wildman–Crippen LogP) is 20.3. The van der Waals surface area contributed by atoms with Gasteiger partial charge in [-0.25, -0.2) is 44.9 Å². The van der Waals surface area contributed by atoms with Crippen molar-refractivity contribution in [2.24, 2.45) is 0 Å². The maximum atomic E-state index is 12.3. The van der Waals surface area contributed by atoms with Crippen molar-refractivity contribution in [1.82, 2.24) is 44.9 Å². The number of aliphatic hydroxyl groups excluding tert-OH is 1. The number of ether oxygens (including phenoxy) is 5. The quantitative estimate of drug-likeness (QED) is 0.0173. The molecule has 0 aliphatic rings. The van der Waals surface area contributed by atoms with Crippen LogP contribution in [-0.4, -0.2) is 110 Å². The Hall–Kier alpha value is -12.3. The largest absolute Gasteiger partial charge is 0.507 e. The van der Waals surface area contributed by atoms with E-state index in [1.54, 1.807) is 36.4 Å². The van der Waals surface area contributed by atoms with Gasteiger partial charge in [-0.05, 0) is 217 Å². The van der Waals surface area contributed by atoms with E-state index in [0.29, 0.717) is 126 Å². The maximum Gasteiger partial charge on any atom is 0.305 e. The van der Waals surface area contributed by atoms with E-state index in [-0.39, 0.29) is 42.0 Å². The fourth-order valence-corrected chi connectivity index (χ4v) is 13.6. The first-order chi connectivity index (χ1) is 54.9. The standard InChI is InChI=1S/C68H76N6O8.C26H25N3O3/c1-43-21-27-53(47(5)37-43)63-69-64(54-28-22-44(2)38-48(54)6)72-67(71-63)57-31-25-51(41-59(57)75)79-33-15-9-11-17-35-81-61(77)19-13-14-20-62(78)82-36-18-12-10-16-34-80-52-26-32-58(60(76)42-52)68-73-65(55-29-23-45(3)39-49(55)7)70-66(74-68)56-30-24-46(4)40-50(56)8;1-15-5-8-20(17(3)11-15)24-27-25(21-9-6-16(2)12-18(21)4)29-26(28-24)22-10-7-19(32-14-30)13-23(22)31/h21-32,37-42,75-76H,9-20,33-36H2,1-8H3;5-13,30-31H,14H2,1-4H3. The molecule has 0 aliphatic carbocycles. The number of esters is 2. The number of nitrogens with zero attached hydrogens (tertiary/aromatic N) is 9. The molecular formula is C94H101N9O11. The second kappa shape index (κ2) is 39.3. The van der Waals surface area contributed by atoms with Crippen LogP contribution in [0.2, 0.25) is 0 Å². The second-order valence-corrected chi connectivity index (χ2v) is 29.3. The monoisotopic (exact) mass is 1530 g/mol. The number of aryl methyl sites for hydroxylation is 12. The SMILES string of the molecule is Cc1ccc(-c2nc(-c3ccc(C)cc3C)nc(-c3ccc(OCCCCCCOC(=O)CCCCC(=O)OCCCCCCOc4ccc(-c5nc(-c6ccc(C)cc6C)nc(-c6ccc(C)cc6C)n5)c(O)c4)cc3O)n2)c(C)c1.Cc1ccc(-c2nc(-c3ccc(C)cc3C)nc(-c3ccc(OCO)cc3O)n2)c(C)c1. The highest BCUT2D eigenvalue weighted by Crippen LogP contribution is 2.39. The van der Waals surface area contributed by atoms with Crippen LogP contribution in [0, 0.1) is 83.1 Å².